The van der Waals surface area contributed by atoms with Crippen molar-refractivity contribution in [1.82, 2.24) is 19.9 Å². The standard InChI is InChI=1S/C21H27BrN4O2/c1-15-5-11-26(12-6-15)21(27)16-7-9-25(10-8-16)14-19-23-20(24-28-19)17-3-2-4-18(22)13-17/h2-4,13,15-16H,5-12,14H2,1H3. The normalized spacial score (nSPS) is 19.9. The van der Waals surface area contributed by atoms with Crippen molar-refractivity contribution in [2.45, 2.75) is 39.2 Å². The minimum absolute atomic E-state index is 0.171. The number of hydrogen-bond donors (Lipinski definition) is 0. The Morgan fingerprint density at radius 3 is 2.64 bits per heavy atom. The van der Waals surface area contributed by atoms with E-state index >= 15 is 0 Å². The highest BCUT2D eigenvalue weighted by atomic mass is 79.9. The van der Waals surface area contributed by atoms with Crippen LogP contribution in [0.5, 0.6) is 0 Å². The Hall–Kier alpha value is -1.73. The van der Waals surface area contributed by atoms with Gasteiger partial charge in [-0.15, -0.1) is 0 Å². The molecule has 150 valence electrons. The first kappa shape index (κ1) is 19.6. The van der Waals surface area contributed by atoms with Crippen LogP contribution in [-0.4, -0.2) is 52.0 Å². The Bertz CT molecular complexity index is 808. The molecule has 0 saturated carbocycles. The second-order valence-electron chi connectivity index (χ2n) is 8.08. The summed E-state index contributed by atoms with van der Waals surface area (Å²) in [6.07, 6.45) is 4.11. The van der Waals surface area contributed by atoms with Crippen LogP contribution in [0.25, 0.3) is 11.4 Å². The summed E-state index contributed by atoms with van der Waals surface area (Å²) in [5.74, 6) is 2.53. The zero-order valence-electron chi connectivity index (χ0n) is 16.3. The average molecular weight is 447 g/mol. The highest BCUT2D eigenvalue weighted by Crippen LogP contribution is 2.25. The molecule has 2 aliphatic rings. The number of aromatic nitrogens is 2. The van der Waals surface area contributed by atoms with Gasteiger partial charge in [-0.25, -0.2) is 0 Å². The Kier molecular flexibility index (Phi) is 6.11. The number of halogens is 1. The van der Waals surface area contributed by atoms with Crippen molar-refractivity contribution in [3.05, 3.63) is 34.6 Å². The van der Waals surface area contributed by atoms with Crippen molar-refractivity contribution in [2.75, 3.05) is 26.2 Å². The molecule has 2 fully saturated rings. The molecule has 0 unspecified atom stereocenters. The van der Waals surface area contributed by atoms with Crippen molar-refractivity contribution >= 4 is 21.8 Å². The van der Waals surface area contributed by atoms with E-state index in [0.717, 1.165) is 67.8 Å². The van der Waals surface area contributed by atoms with Crippen LogP contribution >= 0.6 is 15.9 Å². The summed E-state index contributed by atoms with van der Waals surface area (Å²) in [4.78, 5) is 21.7. The fourth-order valence-corrected chi connectivity index (χ4v) is 4.48. The van der Waals surface area contributed by atoms with Crippen LogP contribution in [0.3, 0.4) is 0 Å². The maximum Gasteiger partial charge on any atom is 0.241 e. The summed E-state index contributed by atoms with van der Waals surface area (Å²) < 4.78 is 6.44. The molecule has 1 amide bonds. The number of hydrogen-bond acceptors (Lipinski definition) is 5. The van der Waals surface area contributed by atoms with E-state index < -0.39 is 0 Å². The Morgan fingerprint density at radius 1 is 1.18 bits per heavy atom. The third-order valence-electron chi connectivity index (χ3n) is 5.94. The quantitative estimate of drug-likeness (QED) is 0.710. The van der Waals surface area contributed by atoms with Crippen LogP contribution < -0.4 is 0 Å². The van der Waals surface area contributed by atoms with E-state index in [9.17, 15) is 4.79 Å². The molecular weight excluding hydrogens is 420 g/mol. The van der Waals surface area contributed by atoms with Crippen LogP contribution in [0.2, 0.25) is 0 Å². The van der Waals surface area contributed by atoms with E-state index in [2.05, 4.69) is 42.8 Å². The van der Waals surface area contributed by atoms with Crippen molar-refractivity contribution in [3.63, 3.8) is 0 Å². The fourth-order valence-electron chi connectivity index (χ4n) is 4.08. The summed E-state index contributed by atoms with van der Waals surface area (Å²) in [6, 6.07) is 7.88. The fraction of sp³-hybridized carbons (Fsp3) is 0.571. The molecular formula is C21H27BrN4O2. The minimum atomic E-state index is 0.171. The van der Waals surface area contributed by atoms with Gasteiger partial charge < -0.3 is 9.42 Å². The van der Waals surface area contributed by atoms with Gasteiger partial charge in [-0.1, -0.05) is 40.1 Å². The first-order valence-electron chi connectivity index (χ1n) is 10.2. The second-order valence-corrected chi connectivity index (χ2v) is 9.00. The van der Waals surface area contributed by atoms with Crippen LogP contribution in [-0.2, 0) is 11.3 Å². The van der Waals surface area contributed by atoms with Crippen LogP contribution in [0.1, 0.15) is 38.5 Å². The van der Waals surface area contributed by atoms with Gasteiger partial charge in [0, 0.05) is 29.0 Å². The van der Waals surface area contributed by atoms with Crippen molar-refractivity contribution in [2.24, 2.45) is 11.8 Å². The second kappa shape index (κ2) is 8.74. The number of piperidine rings is 2. The van der Waals surface area contributed by atoms with Gasteiger partial charge in [-0.2, -0.15) is 4.98 Å². The molecule has 4 rings (SSSR count). The highest BCUT2D eigenvalue weighted by molar-refractivity contribution is 9.10. The molecule has 0 radical (unpaired) electrons. The topological polar surface area (TPSA) is 62.5 Å². The lowest BCUT2D eigenvalue weighted by Gasteiger charge is -2.36. The predicted octanol–water partition coefficient (Wildman–Crippen LogP) is 3.97. The molecule has 28 heavy (non-hydrogen) atoms. The molecule has 0 atom stereocenters. The van der Waals surface area contributed by atoms with E-state index in [0.29, 0.717) is 24.2 Å². The molecule has 1 aromatic carbocycles. The number of amides is 1. The summed E-state index contributed by atoms with van der Waals surface area (Å²) in [5, 5.41) is 4.11. The lowest BCUT2D eigenvalue weighted by atomic mass is 9.93. The zero-order valence-corrected chi connectivity index (χ0v) is 17.9. The van der Waals surface area contributed by atoms with Crippen molar-refractivity contribution < 1.29 is 9.32 Å². The summed E-state index contributed by atoms with van der Waals surface area (Å²) in [5.41, 5.74) is 0.935. The molecule has 1 aromatic heterocycles. The average Bonchev–Trinajstić information content (AvgIpc) is 3.17. The zero-order chi connectivity index (χ0) is 19.5. The van der Waals surface area contributed by atoms with Gasteiger partial charge in [0.1, 0.15) is 0 Å². The molecule has 3 heterocycles. The Balaban J connectivity index is 1.28. The van der Waals surface area contributed by atoms with Gasteiger partial charge in [0.15, 0.2) is 0 Å². The van der Waals surface area contributed by atoms with Gasteiger partial charge >= 0.3 is 0 Å². The Morgan fingerprint density at radius 2 is 1.93 bits per heavy atom. The van der Waals surface area contributed by atoms with Gasteiger partial charge in [0.25, 0.3) is 0 Å². The maximum atomic E-state index is 12.8. The summed E-state index contributed by atoms with van der Waals surface area (Å²) in [7, 11) is 0. The van der Waals surface area contributed by atoms with Crippen LogP contribution in [0.4, 0.5) is 0 Å². The number of benzene rings is 1. The molecule has 0 aliphatic carbocycles. The minimum Gasteiger partial charge on any atom is -0.342 e. The third-order valence-corrected chi connectivity index (χ3v) is 6.44. The first-order chi connectivity index (χ1) is 13.6. The smallest absolute Gasteiger partial charge is 0.241 e. The van der Waals surface area contributed by atoms with Gasteiger partial charge in [-0.05, 0) is 56.8 Å². The van der Waals surface area contributed by atoms with Crippen molar-refractivity contribution in [1.29, 1.82) is 0 Å². The molecule has 2 aliphatic heterocycles. The molecule has 2 aromatic rings. The van der Waals surface area contributed by atoms with E-state index in [-0.39, 0.29) is 5.92 Å². The van der Waals surface area contributed by atoms with Gasteiger partial charge in [0.05, 0.1) is 6.54 Å². The number of nitrogens with zero attached hydrogens (tertiary/aromatic N) is 4. The SMILES string of the molecule is CC1CCN(C(=O)C2CCN(Cc3nc(-c4cccc(Br)c4)no3)CC2)CC1. The maximum absolute atomic E-state index is 12.8. The lowest BCUT2D eigenvalue weighted by Crippen LogP contribution is -2.45. The third kappa shape index (κ3) is 4.63. The van der Waals surface area contributed by atoms with E-state index in [4.69, 9.17) is 4.52 Å². The molecule has 0 spiro atoms. The predicted molar refractivity (Wildman–Crippen MR) is 110 cm³/mol. The highest BCUT2D eigenvalue weighted by Gasteiger charge is 2.30. The molecule has 2 saturated heterocycles. The molecule has 0 N–H and O–H groups in total. The summed E-state index contributed by atoms with van der Waals surface area (Å²) >= 11 is 3.47. The first-order valence-corrected chi connectivity index (χ1v) is 11.0. The van der Waals surface area contributed by atoms with Crippen LogP contribution in [0, 0.1) is 11.8 Å². The number of carbonyl (C=O) groups is 1. The number of carbonyl (C=O) groups excluding carboxylic acids is 1. The summed E-state index contributed by atoms with van der Waals surface area (Å²) in [6.45, 7) is 6.58. The molecule has 0 bridgehead atoms. The van der Waals surface area contributed by atoms with Gasteiger partial charge in [0.2, 0.25) is 17.6 Å². The molecule has 7 heteroatoms. The lowest BCUT2D eigenvalue weighted by molar-refractivity contribution is -0.138. The van der Waals surface area contributed by atoms with E-state index in [1.165, 1.54) is 0 Å². The number of rotatable bonds is 4. The van der Waals surface area contributed by atoms with Crippen molar-refractivity contribution in [3.8, 4) is 11.4 Å². The number of likely N-dealkylation sites (tertiary alicyclic amines) is 2. The van der Waals surface area contributed by atoms with Gasteiger partial charge in [-0.3, -0.25) is 9.69 Å². The monoisotopic (exact) mass is 446 g/mol. The largest absolute Gasteiger partial charge is 0.342 e. The molecule has 6 nitrogen and oxygen atoms in total. The Labute approximate surface area is 174 Å². The van der Waals surface area contributed by atoms with E-state index in [1.807, 2.05) is 24.3 Å². The van der Waals surface area contributed by atoms with Crippen LogP contribution in [0.15, 0.2) is 33.3 Å². The van der Waals surface area contributed by atoms with E-state index in [1.54, 1.807) is 0 Å².